The standard InChI is InChI=1S/C13H17NO2S/c1-16-17-8-11-4-2-3-10-5-6-12(14-9-15)7-13(10)11/h2-4,9,12H,5-8H2,1H3,(H,14,15). The van der Waals surface area contributed by atoms with E-state index in [1.807, 2.05) is 0 Å². The van der Waals surface area contributed by atoms with Gasteiger partial charge in [-0.1, -0.05) is 18.2 Å². The van der Waals surface area contributed by atoms with E-state index in [0.29, 0.717) is 0 Å². The van der Waals surface area contributed by atoms with Crippen molar-refractivity contribution >= 4 is 18.5 Å². The number of hydrogen-bond acceptors (Lipinski definition) is 3. The molecule has 2 rings (SSSR count). The zero-order chi connectivity index (χ0) is 12.1. The summed E-state index contributed by atoms with van der Waals surface area (Å²) in [5.74, 6) is 0.869. The third-order valence-corrected chi connectivity index (χ3v) is 3.88. The minimum atomic E-state index is 0.286. The van der Waals surface area contributed by atoms with E-state index in [1.54, 1.807) is 7.11 Å². The molecule has 0 radical (unpaired) electrons. The van der Waals surface area contributed by atoms with Gasteiger partial charge in [0.25, 0.3) is 0 Å². The summed E-state index contributed by atoms with van der Waals surface area (Å²) >= 11 is 1.46. The first-order chi connectivity index (χ1) is 8.35. The Hall–Kier alpha value is -1.00. The maximum atomic E-state index is 10.5. The summed E-state index contributed by atoms with van der Waals surface area (Å²) in [7, 11) is 1.69. The summed E-state index contributed by atoms with van der Waals surface area (Å²) in [6.45, 7) is 0. The van der Waals surface area contributed by atoms with Gasteiger partial charge in [0.15, 0.2) is 0 Å². The van der Waals surface area contributed by atoms with E-state index < -0.39 is 0 Å². The third-order valence-electron chi connectivity index (χ3n) is 3.22. The molecular formula is C13H17NO2S. The van der Waals surface area contributed by atoms with Crippen LogP contribution in [0.4, 0.5) is 0 Å². The van der Waals surface area contributed by atoms with Gasteiger partial charge < -0.3 is 9.50 Å². The molecule has 3 nitrogen and oxygen atoms in total. The van der Waals surface area contributed by atoms with Gasteiger partial charge in [0.2, 0.25) is 6.41 Å². The van der Waals surface area contributed by atoms with Gasteiger partial charge in [0.1, 0.15) is 0 Å². The molecule has 4 heteroatoms. The summed E-state index contributed by atoms with van der Waals surface area (Å²) in [4.78, 5) is 10.5. The monoisotopic (exact) mass is 251 g/mol. The fourth-order valence-electron chi connectivity index (χ4n) is 2.36. The molecule has 0 aromatic heterocycles. The Morgan fingerprint density at radius 2 is 2.47 bits per heavy atom. The van der Waals surface area contributed by atoms with Crippen molar-refractivity contribution in [2.75, 3.05) is 7.11 Å². The van der Waals surface area contributed by atoms with Gasteiger partial charge in [0, 0.05) is 11.8 Å². The van der Waals surface area contributed by atoms with E-state index in [9.17, 15) is 4.79 Å². The van der Waals surface area contributed by atoms with E-state index in [4.69, 9.17) is 4.18 Å². The molecule has 0 spiro atoms. The predicted molar refractivity (Wildman–Crippen MR) is 69.8 cm³/mol. The summed E-state index contributed by atoms with van der Waals surface area (Å²) in [6, 6.07) is 6.73. The molecule has 1 aliphatic rings. The van der Waals surface area contributed by atoms with Crippen molar-refractivity contribution in [1.82, 2.24) is 5.32 Å². The molecule has 0 fully saturated rings. The van der Waals surface area contributed by atoms with Crippen molar-refractivity contribution in [2.24, 2.45) is 0 Å². The molecule has 1 amide bonds. The Morgan fingerprint density at radius 1 is 1.59 bits per heavy atom. The Labute approximate surface area is 106 Å². The number of benzene rings is 1. The van der Waals surface area contributed by atoms with Gasteiger partial charge in [0.05, 0.1) is 7.11 Å². The highest BCUT2D eigenvalue weighted by atomic mass is 32.2. The lowest BCUT2D eigenvalue weighted by molar-refractivity contribution is -0.110. The topological polar surface area (TPSA) is 38.3 Å². The van der Waals surface area contributed by atoms with Crippen LogP contribution in [0.2, 0.25) is 0 Å². The lowest BCUT2D eigenvalue weighted by atomic mass is 9.86. The van der Waals surface area contributed by atoms with Crippen LogP contribution in [0.15, 0.2) is 18.2 Å². The number of amides is 1. The summed E-state index contributed by atoms with van der Waals surface area (Å²) in [6.07, 6.45) is 3.83. The lowest BCUT2D eigenvalue weighted by Crippen LogP contribution is -2.33. The second-order valence-corrected chi connectivity index (χ2v) is 5.07. The predicted octanol–water partition coefficient (Wildman–Crippen LogP) is 2.08. The lowest BCUT2D eigenvalue weighted by Gasteiger charge is -2.26. The zero-order valence-corrected chi connectivity index (χ0v) is 10.8. The Bertz CT molecular complexity index is 395. The molecule has 1 unspecified atom stereocenters. The Morgan fingerprint density at radius 3 is 3.24 bits per heavy atom. The van der Waals surface area contributed by atoms with Gasteiger partial charge in [-0.2, -0.15) is 0 Å². The molecule has 1 aliphatic carbocycles. The van der Waals surface area contributed by atoms with Crippen molar-refractivity contribution in [2.45, 2.75) is 31.1 Å². The minimum absolute atomic E-state index is 0.286. The largest absolute Gasteiger partial charge is 0.356 e. The molecule has 0 bridgehead atoms. The van der Waals surface area contributed by atoms with E-state index in [1.165, 1.54) is 28.7 Å². The summed E-state index contributed by atoms with van der Waals surface area (Å²) < 4.78 is 5.06. The number of rotatable bonds is 5. The number of carbonyl (C=O) groups excluding carboxylic acids is 1. The fraction of sp³-hybridized carbons (Fsp3) is 0.462. The van der Waals surface area contributed by atoms with Crippen LogP contribution in [0.3, 0.4) is 0 Å². The number of hydrogen-bond donors (Lipinski definition) is 1. The van der Waals surface area contributed by atoms with Gasteiger partial charge in [-0.25, -0.2) is 0 Å². The number of nitrogens with one attached hydrogen (secondary N) is 1. The first-order valence-electron chi connectivity index (χ1n) is 5.80. The highest BCUT2D eigenvalue weighted by molar-refractivity contribution is 7.93. The molecule has 17 heavy (non-hydrogen) atoms. The van der Waals surface area contributed by atoms with Crippen molar-refractivity contribution in [3.8, 4) is 0 Å². The van der Waals surface area contributed by atoms with Crippen molar-refractivity contribution in [1.29, 1.82) is 0 Å². The van der Waals surface area contributed by atoms with Crippen molar-refractivity contribution in [3.05, 3.63) is 34.9 Å². The quantitative estimate of drug-likeness (QED) is 0.643. The fourth-order valence-corrected chi connectivity index (χ4v) is 2.87. The van der Waals surface area contributed by atoms with Gasteiger partial charge in [-0.3, -0.25) is 4.79 Å². The first kappa shape index (κ1) is 12.5. The molecule has 1 aromatic carbocycles. The smallest absolute Gasteiger partial charge is 0.207 e. The Kier molecular flexibility index (Phi) is 4.45. The van der Waals surface area contributed by atoms with Crippen LogP contribution in [-0.4, -0.2) is 19.6 Å². The van der Waals surface area contributed by atoms with Crippen LogP contribution >= 0.6 is 12.0 Å². The highest BCUT2D eigenvalue weighted by Gasteiger charge is 2.20. The maximum Gasteiger partial charge on any atom is 0.207 e. The van der Waals surface area contributed by atoms with E-state index >= 15 is 0 Å². The van der Waals surface area contributed by atoms with Gasteiger partial charge >= 0.3 is 0 Å². The Balaban J connectivity index is 2.17. The van der Waals surface area contributed by atoms with Crippen LogP contribution in [0, 0.1) is 0 Å². The van der Waals surface area contributed by atoms with Gasteiger partial charge in [-0.15, -0.1) is 0 Å². The first-order valence-corrected chi connectivity index (χ1v) is 6.71. The van der Waals surface area contributed by atoms with Crippen molar-refractivity contribution < 1.29 is 8.98 Å². The summed E-state index contributed by atoms with van der Waals surface area (Å²) in [5, 5.41) is 2.89. The van der Waals surface area contributed by atoms with E-state index in [0.717, 1.165) is 31.4 Å². The molecule has 0 saturated carbocycles. The van der Waals surface area contributed by atoms with E-state index in [2.05, 4.69) is 23.5 Å². The maximum absolute atomic E-state index is 10.5. The molecule has 1 N–H and O–H groups in total. The zero-order valence-electron chi connectivity index (χ0n) is 9.94. The molecule has 1 atom stereocenters. The van der Waals surface area contributed by atoms with Crippen LogP contribution in [0.5, 0.6) is 0 Å². The van der Waals surface area contributed by atoms with E-state index in [-0.39, 0.29) is 6.04 Å². The SMILES string of the molecule is COSCc1cccc2c1CC(NC=O)CC2. The summed E-state index contributed by atoms with van der Waals surface area (Å²) in [5.41, 5.74) is 4.14. The molecule has 1 aromatic rings. The third kappa shape index (κ3) is 3.01. The minimum Gasteiger partial charge on any atom is -0.356 e. The molecule has 0 heterocycles. The number of aryl methyl sites for hydroxylation is 1. The van der Waals surface area contributed by atoms with Crippen LogP contribution in [0.25, 0.3) is 0 Å². The average Bonchev–Trinajstić information content (AvgIpc) is 2.36. The van der Waals surface area contributed by atoms with Crippen LogP contribution in [0.1, 0.15) is 23.1 Å². The van der Waals surface area contributed by atoms with Crippen LogP contribution < -0.4 is 5.32 Å². The molecule has 92 valence electrons. The van der Waals surface area contributed by atoms with Gasteiger partial charge in [-0.05, 0) is 48.0 Å². The molecule has 0 saturated heterocycles. The normalized spacial score (nSPS) is 18.5. The number of carbonyl (C=O) groups is 1. The second-order valence-electron chi connectivity index (χ2n) is 4.21. The molecule has 0 aliphatic heterocycles. The highest BCUT2D eigenvalue weighted by Crippen LogP contribution is 2.27. The van der Waals surface area contributed by atoms with Crippen LogP contribution in [-0.2, 0) is 27.6 Å². The number of fused-ring (bicyclic) bond motifs is 1. The molecular weight excluding hydrogens is 234 g/mol. The second kappa shape index (κ2) is 6.07. The average molecular weight is 251 g/mol. The van der Waals surface area contributed by atoms with Crippen molar-refractivity contribution in [3.63, 3.8) is 0 Å².